The topological polar surface area (TPSA) is 60.4 Å². The SMILES string of the molecule is COc1cccc(S(=O)(=O)C(C)C(=O)c2ccc(Cl)s2)c1. The second-order valence-corrected chi connectivity index (χ2v) is 8.32. The third kappa shape index (κ3) is 3.28. The first kappa shape index (κ1) is 16.0. The minimum absolute atomic E-state index is 0.0605. The van der Waals surface area contributed by atoms with Gasteiger partial charge < -0.3 is 4.74 Å². The maximum absolute atomic E-state index is 12.5. The van der Waals surface area contributed by atoms with Gasteiger partial charge in [0.1, 0.15) is 11.0 Å². The number of ether oxygens (including phenoxy) is 1. The molecule has 112 valence electrons. The summed E-state index contributed by atoms with van der Waals surface area (Å²) in [6, 6.07) is 9.18. The van der Waals surface area contributed by atoms with Crippen LogP contribution in [0.25, 0.3) is 0 Å². The smallest absolute Gasteiger partial charge is 0.191 e. The van der Waals surface area contributed by atoms with Crippen molar-refractivity contribution in [3.8, 4) is 5.75 Å². The number of carbonyl (C=O) groups excluding carboxylic acids is 1. The van der Waals surface area contributed by atoms with Crippen molar-refractivity contribution in [1.82, 2.24) is 0 Å². The lowest BCUT2D eigenvalue weighted by molar-refractivity contribution is 0.0995. The van der Waals surface area contributed by atoms with Crippen molar-refractivity contribution in [2.24, 2.45) is 0 Å². The predicted molar refractivity (Wildman–Crippen MR) is 83.3 cm³/mol. The van der Waals surface area contributed by atoms with Crippen molar-refractivity contribution in [3.63, 3.8) is 0 Å². The van der Waals surface area contributed by atoms with Gasteiger partial charge in [0.25, 0.3) is 0 Å². The van der Waals surface area contributed by atoms with E-state index in [2.05, 4.69) is 0 Å². The van der Waals surface area contributed by atoms with E-state index in [1.54, 1.807) is 18.2 Å². The van der Waals surface area contributed by atoms with Crippen LogP contribution >= 0.6 is 22.9 Å². The molecule has 21 heavy (non-hydrogen) atoms. The lowest BCUT2D eigenvalue weighted by Crippen LogP contribution is -2.27. The molecule has 0 aliphatic heterocycles. The summed E-state index contributed by atoms with van der Waals surface area (Å²) in [6.45, 7) is 1.38. The molecule has 1 heterocycles. The van der Waals surface area contributed by atoms with E-state index in [0.717, 1.165) is 11.3 Å². The van der Waals surface area contributed by atoms with E-state index in [1.165, 1.54) is 32.2 Å². The van der Waals surface area contributed by atoms with Gasteiger partial charge in [-0.1, -0.05) is 17.7 Å². The van der Waals surface area contributed by atoms with Crippen LogP contribution in [0.4, 0.5) is 0 Å². The molecule has 0 spiro atoms. The lowest BCUT2D eigenvalue weighted by Gasteiger charge is -2.12. The summed E-state index contributed by atoms with van der Waals surface area (Å²) < 4.78 is 30.5. The molecule has 0 radical (unpaired) electrons. The molecule has 0 aliphatic carbocycles. The van der Waals surface area contributed by atoms with E-state index in [1.807, 2.05) is 0 Å². The molecule has 1 aromatic heterocycles. The largest absolute Gasteiger partial charge is 0.497 e. The lowest BCUT2D eigenvalue weighted by atomic mass is 10.2. The van der Waals surface area contributed by atoms with Gasteiger partial charge in [-0.3, -0.25) is 4.79 Å². The Balaban J connectivity index is 2.36. The molecule has 0 fully saturated rings. The van der Waals surface area contributed by atoms with Crippen LogP contribution in [0, 0.1) is 0 Å². The fraction of sp³-hybridized carbons (Fsp3) is 0.214. The van der Waals surface area contributed by atoms with Crippen LogP contribution in [0.15, 0.2) is 41.3 Å². The number of Topliss-reactive ketones (excluding diaryl/α,β-unsaturated/α-hetero) is 1. The molecule has 1 unspecified atom stereocenters. The highest BCUT2D eigenvalue weighted by Crippen LogP contribution is 2.27. The number of benzene rings is 1. The van der Waals surface area contributed by atoms with Gasteiger partial charge in [0.05, 0.1) is 21.2 Å². The molecular formula is C14H13ClO4S2. The third-order valence-corrected chi connectivity index (χ3v) is 6.32. The molecule has 0 N–H and O–H groups in total. The summed E-state index contributed by atoms with van der Waals surface area (Å²) in [5, 5.41) is -1.18. The van der Waals surface area contributed by atoms with Crippen LogP contribution in [0.5, 0.6) is 5.75 Å². The van der Waals surface area contributed by atoms with E-state index in [4.69, 9.17) is 16.3 Å². The van der Waals surface area contributed by atoms with Crippen LogP contribution in [0.3, 0.4) is 0 Å². The van der Waals surface area contributed by atoms with Crippen molar-refractivity contribution < 1.29 is 17.9 Å². The predicted octanol–water partition coefficient (Wildman–Crippen LogP) is 3.46. The first-order valence-electron chi connectivity index (χ1n) is 6.03. The standard InChI is InChI=1S/C14H13ClO4S2/c1-9(14(16)12-6-7-13(15)20-12)21(17,18)11-5-3-4-10(8-11)19-2/h3-9H,1-2H3. The summed E-state index contributed by atoms with van der Waals surface area (Å²) in [6.07, 6.45) is 0. The van der Waals surface area contributed by atoms with E-state index < -0.39 is 20.9 Å². The van der Waals surface area contributed by atoms with Crippen LogP contribution in [-0.2, 0) is 9.84 Å². The van der Waals surface area contributed by atoms with Crippen molar-refractivity contribution >= 4 is 38.6 Å². The zero-order chi connectivity index (χ0) is 15.6. The van der Waals surface area contributed by atoms with Gasteiger partial charge in [-0.05, 0) is 37.3 Å². The molecule has 0 bridgehead atoms. The van der Waals surface area contributed by atoms with Crippen molar-refractivity contribution in [2.45, 2.75) is 17.1 Å². The molecule has 0 amide bonds. The number of sulfone groups is 1. The third-order valence-electron chi connectivity index (χ3n) is 3.02. The quantitative estimate of drug-likeness (QED) is 0.779. The molecule has 4 nitrogen and oxygen atoms in total. The molecule has 0 saturated carbocycles. The molecule has 0 saturated heterocycles. The number of rotatable bonds is 5. The highest BCUT2D eigenvalue weighted by atomic mass is 35.5. The zero-order valence-corrected chi connectivity index (χ0v) is 13.8. The highest BCUT2D eigenvalue weighted by molar-refractivity contribution is 7.92. The Kier molecular flexibility index (Phi) is 4.70. The molecule has 1 aromatic carbocycles. The van der Waals surface area contributed by atoms with E-state index in [0.29, 0.717) is 15.0 Å². The molecule has 2 aromatic rings. The van der Waals surface area contributed by atoms with Gasteiger partial charge in [-0.2, -0.15) is 0 Å². The summed E-state index contributed by atoms with van der Waals surface area (Å²) >= 11 is 6.85. The maximum atomic E-state index is 12.5. The Bertz CT molecular complexity index is 765. The number of thiophene rings is 1. The Morgan fingerprint density at radius 3 is 2.57 bits per heavy atom. The second-order valence-electron chi connectivity index (χ2n) is 4.33. The summed E-state index contributed by atoms with van der Waals surface area (Å²) in [7, 11) is -2.32. The molecule has 2 rings (SSSR count). The van der Waals surface area contributed by atoms with Crippen LogP contribution in [-0.4, -0.2) is 26.6 Å². The average molecular weight is 345 g/mol. The fourth-order valence-electron chi connectivity index (χ4n) is 1.77. The molecular weight excluding hydrogens is 332 g/mol. The van der Waals surface area contributed by atoms with Crippen molar-refractivity contribution in [2.75, 3.05) is 7.11 Å². The van der Waals surface area contributed by atoms with E-state index >= 15 is 0 Å². The normalized spacial score (nSPS) is 12.9. The van der Waals surface area contributed by atoms with Crippen LogP contribution < -0.4 is 4.74 Å². The fourth-order valence-corrected chi connectivity index (χ4v) is 4.28. The average Bonchev–Trinajstić information content (AvgIpc) is 2.92. The van der Waals surface area contributed by atoms with Gasteiger partial charge >= 0.3 is 0 Å². The Labute approximate surface area is 132 Å². The Hall–Kier alpha value is -1.37. The summed E-state index contributed by atoms with van der Waals surface area (Å²) in [4.78, 5) is 12.7. The summed E-state index contributed by atoms with van der Waals surface area (Å²) in [5.41, 5.74) is 0. The van der Waals surface area contributed by atoms with Crippen LogP contribution in [0.2, 0.25) is 4.34 Å². The number of hydrogen-bond donors (Lipinski definition) is 0. The van der Waals surface area contributed by atoms with Gasteiger partial charge in [-0.25, -0.2) is 8.42 Å². The Morgan fingerprint density at radius 1 is 1.29 bits per heavy atom. The number of hydrogen-bond acceptors (Lipinski definition) is 5. The number of methoxy groups -OCH3 is 1. The number of carbonyl (C=O) groups is 1. The molecule has 7 heteroatoms. The van der Waals surface area contributed by atoms with Gasteiger partial charge in [0.15, 0.2) is 15.6 Å². The van der Waals surface area contributed by atoms with Crippen molar-refractivity contribution in [3.05, 3.63) is 45.6 Å². The molecule has 0 aliphatic rings. The monoisotopic (exact) mass is 344 g/mol. The molecule has 1 atom stereocenters. The zero-order valence-electron chi connectivity index (χ0n) is 11.4. The van der Waals surface area contributed by atoms with E-state index in [-0.39, 0.29) is 4.90 Å². The summed E-state index contributed by atoms with van der Waals surface area (Å²) in [5.74, 6) is -0.0374. The van der Waals surface area contributed by atoms with Gasteiger partial charge in [0, 0.05) is 0 Å². The maximum Gasteiger partial charge on any atom is 0.191 e. The highest BCUT2D eigenvalue weighted by Gasteiger charge is 2.31. The minimum Gasteiger partial charge on any atom is -0.497 e. The van der Waals surface area contributed by atoms with Gasteiger partial charge in [0.2, 0.25) is 0 Å². The van der Waals surface area contributed by atoms with E-state index in [9.17, 15) is 13.2 Å². The Morgan fingerprint density at radius 2 is 2.00 bits per heavy atom. The van der Waals surface area contributed by atoms with Crippen molar-refractivity contribution in [1.29, 1.82) is 0 Å². The first-order chi connectivity index (χ1) is 9.86. The minimum atomic E-state index is -3.78. The number of halogens is 1. The second kappa shape index (κ2) is 6.17. The number of ketones is 1. The van der Waals surface area contributed by atoms with Gasteiger partial charge in [-0.15, -0.1) is 11.3 Å². The first-order valence-corrected chi connectivity index (χ1v) is 8.78. The van der Waals surface area contributed by atoms with Crippen LogP contribution in [0.1, 0.15) is 16.6 Å².